The van der Waals surface area contributed by atoms with E-state index >= 15 is 0 Å². The monoisotopic (exact) mass is 182 g/mol. The maximum absolute atomic E-state index is 11.4. The van der Waals surface area contributed by atoms with E-state index in [2.05, 4.69) is 27.4 Å². The van der Waals surface area contributed by atoms with E-state index in [9.17, 15) is 4.79 Å². The fourth-order valence-corrected chi connectivity index (χ4v) is 1.56. The van der Waals surface area contributed by atoms with Crippen LogP contribution in [0.25, 0.3) is 0 Å². The summed E-state index contributed by atoms with van der Waals surface area (Å²) in [7, 11) is 0. The zero-order valence-electron chi connectivity index (χ0n) is 8.67. The molecule has 0 unspecified atom stereocenters. The summed E-state index contributed by atoms with van der Waals surface area (Å²) in [6, 6.07) is 0. The quantitative estimate of drug-likeness (QED) is 0.484. The summed E-state index contributed by atoms with van der Waals surface area (Å²) in [5, 5.41) is 0. The van der Waals surface area contributed by atoms with Crippen molar-refractivity contribution in [2.45, 2.75) is 39.7 Å². The zero-order valence-corrected chi connectivity index (χ0v) is 8.67. The molecule has 0 aromatic heterocycles. The Labute approximate surface area is 80.0 Å². The highest BCUT2D eigenvalue weighted by Crippen LogP contribution is 2.35. The minimum atomic E-state index is -0.0557. The van der Waals surface area contributed by atoms with Crippen molar-refractivity contribution in [3.05, 3.63) is 12.7 Å². The molecule has 0 spiro atoms. The van der Waals surface area contributed by atoms with E-state index in [-0.39, 0.29) is 23.4 Å². The molecule has 0 aromatic rings. The van der Waals surface area contributed by atoms with Gasteiger partial charge in [0.25, 0.3) is 0 Å². The first kappa shape index (κ1) is 10.3. The van der Waals surface area contributed by atoms with Crippen molar-refractivity contribution < 1.29 is 9.53 Å². The fraction of sp³-hybridized carbons (Fsp3) is 0.727. The summed E-state index contributed by atoms with van der Waals surface area (Å²) in [5.41, 5.74) is 0.0611. The predicted molar refractivity (Wildman–Crippen MR) is 52.3 cm³/mol. The minimum absolute atomic E-state index is 0.0433. The molecule has 1 rings (SSSR count). The molecule has 0 saturated carbocycles. The second-order valence-corrected chi connectivity index (χ2v) is 4.75. The van der Waals surface area contributed by atoms with Crippen molar-refractivity contribution in [1.82, 2.24) is 0 Å². The summed E-state index contributed by atoms with van der Waals surface area (Å²) in [4.78, 5) is 11.4. The molecular weight excluding hydrogens is 164 g/mol. The third-order valence-electron chi connectivity index (χ3n) is 2.51. The molecule has 2 nitrogen and oxygen atoms in total. The van der Waals surface area contributed by atoms with Gasteiger partial charge in [-0.15, -0.1) is 6.58 Å². The first-order valence-corrected chi connectivity index (χ1v) is 4.76. The molecule has 1 fully saturated rings. The van der Waals surface area contributed by atoms with Crippen LogP contribution in [0.2, 0.25) is 0 Å². The SMILES string of the molecule is C=CC[C@@H]1C[C@H](C(C)(C)C)OC1=O. The molecule has 2 heteroatoms. The first-order chi connectivity index (χ1) is 5.95. The third kappa shape index (κ3) is 2.33. The van der Waals surface area contributed by atoms with Gasteiger partial charge in [0.2, 0.25) is 0 Å². The van der Waals surface area contributed by atoms with Crippen LogP contribution in [-0.4, -0.2) is 12.1 Å². The van der Waals surface area contributed by atoms with Gasteiger partial charge in [0, 0.05) is 0 Å². The van der Waals surface area contributed by atoms with Crippen LogP contribution in [0.5, 0.6) is 0 Å². The Morgan fingerprint density at radius 3 is 2.62 bits per heavy atom. The fourth-order valence-electron chi connectivity index (χ4n) is 1.56. The van der Waals surface area contributed by atoms with Crippen molar-refractivity contribution in [1.29, 1.82) is 0 Å². The lowest BCUT2D eigenvalue weighted by molar-refractivity contribution is -0.147. The molecule has 0 N–H and O–H groups in total. The van der Waals surface area contributed by atoms with Crippen molar-refractivity contribution in [2.24, 2.45) is 11.3 Å². The van der Waals surface area contributed by atoms with Crippen molar-refractivity contribution in [2.75, 3.05) is 0 Å². The second kappa shape index (κ2) is 3.52. The van der Waals surface area contributed by atoms with Gasteiger partial charge in [0.15, 0.2) is 0 Å². The van der Waals surface area contributed by atoms with Crippen molar-refractivity contribution >= 4 is 5.97 Å². The zero-order chi connectivity index (χ0) is 10.1. The number of hydrogen-bond donors (Lipinski definition) is 0. The lowest BCUT2D eigenvalue weighted by atomic mass is 9.85. The number of ether oxygens (including phenoxy) is 1. The minimum Gasteiger partial charge on any atom is -0.462 e. The molecule has 1 aliphatic heterocycles. The molecule has 1 saturated heterocycles. The topological polar surface area (TPSA) is 26.3 Å². The Bertz CT molecular complexity index is 213. The number of carbonyl (C=O) groups excluding carboxylic acids is 1. The Morgan fingerprint density at radius 2 is 2.23 bits per heavy atom. The summed E-state index contributed by atoms with van der Waals surface area (Å²) in [6.45, 7) is 9.93. The van der Waals surface area contributed by atoms with Crippen LogP contribution in [0, 0.1) is 11.3 Å². The van der Waals surface area contributed by atoms with Gasteiger partial charge in [-0.2, -0.15) is 0 Å². The standard InChI is InChI=1S/C11H18O2/c1-5-6-8-7-9(11(2,3)4)13-10(8)12/h5,8-9H,1,6-7H2,2-4H3/t8-,9-/m1/s1. The maximum atomic E-state index is 11.4. The summed E-state index contributed by atoms with van der Waals surface area (Å²) < 4.78 is 5.30. The summed E-state index contributed by atoms with van der Waals surface area (Å²) in [5.74, 6) is -0.0125. The Morgan fingerprint density at radius 1 is 1.62 bits per heavy atom. The number of rotatable bonds is 2. The van der Waals surface area contributed by atoms with E-state index in [0.717, 1.165) is 12.8 Å². The summed E-state index contributed by atoms with van der Waals surface area (Å²) in [6.07, 6.45) is 3.45. The number of cyclic esters (lactones) is 1. The smallest absolute Gasteiger partial charge is 0.309 e. The van der Waals surface area contributed by atoms with Crippen LogP contribution >= 0.6 is 0 Å². The molecular formula is C11H18O2. The molecule has 13 heavy (non-hydrogen) atoms. The molecule has 74 valence electrons. The lowest BCUT2D eigenvalue weighted by Gasteiger charge is -2.24. The van der Waals surface area contributed by atoms with Gasteiger partial charge < -0.3 is 4.74 Å². The normalized spacial score (nSPS) is 28.7. The van der Waals surface area contributed by atoms with E-state index in [4.69, 9.17) is 4.74 Å². The maximum Gasteiger partial charge on any atom is 0.309 e. The predicted octanol–water partition coefficient (Wildman–Crippen LogP) is 2.54. The molecule has 0 aliphatic carbocycles. The summed E-state index contributed by atoms with van der Waals surface area (Å²) >= 11 is 0. The van der Waals surface area contributed by atoms with E-state index in [0.29, 0.717) is 0 Å². The molecule has 0 bridgehead atoms. The van der Waals surface area contributed by atoms with Gasteiger partial charge in [-0.25, -0.2) is 0 Å². The van der Waals surface area contributed by atoms with Gasteiger partial charge in [0.05, 0.1) is 5.92 Å². The van der Waals surface area contributed by atoms with Crippen LogP contribution in [0.3, 0.4) is 0 Å². The largest absolute Gasteiger partial charge is 0.462 e. The Hall–Kier alpha value is -0.790. The van der Waals surface area contributed by atoms with Crippen LogP contribution in [-0.2, 0) is 9.53 Å². The molecule has 0 amide bonds. The van der Waals surface area contributed by atoms with Gasteiger partial charge >= 0.3 is 5.97 Å². The highest BCUT2D eigenvalue weighted by Gasteiger charge is 2.39. The molecule has 0 radical (unpaired) electrons. The molecule has 0 aromatic carbocycles. The van der Waals surface area contributed by atoms with Gasteiger partial charge in [-0.05, 0) is 18.3 Å². The Kier molecular flexibility index (Phi) is 2.79. The molecule has 1 heterocycles. The van der Waals surface area contributed by atoms with Gasteiger partial charge in [-0.3, -0.25) is 4.79 Å². The number of allylic oxidation sites excluding steroid dienone is 1. The lowest BCUT2D eigenvalue weighted by Crippen LogP contribution is -2.25. The molecule has 1 aliphatic rings. The Balaban J connectivity index is 2.60. The van der Waals surface area contributed by atoms with E-state index in [1.165, 1.54) is 0 Å². The van der Waals surface area contributed by atoms with Crippen LogP contribution in [0.4, 0.5) is 0 Å². The van der Waals surface area contributed by atoms with Crippen LogP contribution in [0.15, 0.2) is 12.7 Å². The van der Waals surface area contributed by atoms with Gasteiger partial charge in [-0.1, -0.05) is 26.8 Å². The number of hydrogen-bond acceptors (Lipinski definition) is 2. The van der Waals surface area contributed by atoms with Crippen LogP contribution < -0.4 is 0 Å². The van der Waals surface area contributed by atoms with E-state index in [1.807, 2.05) is 0 Å². The van der Waals surface area contributed by atoms with Crippen LogP contribution in [0.1, 0.15) is 33.6 Å². The average molecular weight is 182 g/mol. The van der Waals surface area contributed by atoms with E-state index < -0.39 is 0 Å². The van der Waals surface area contributed by atoms with Gasteiger partial charge in [0.1, 0.15) is 6.10 Å². The first-order valence-electron chi connectivity index (χ1n) is 4.76. The molecule has 2 atom stereocenters. The second-order valence-electron chi connectivity index (χ2n) is 4.75. The number of carbonyl (C=O) groups is 1. The third-order valence-corrected chi connectivity index (χ3v) is 2.51. The van der Waals surface area contributed by atoms with E-state index in [1.54, 1.807) is 6.08 Å². The van der Waals surface area contributed by atoms with Crippen molar-refractivity contribution in [3.8, 4) is 0 Å². The highest BCUT2D eigenvalue weighted by atomic mass is 16.6. The number of esters is 1. The highest BCUT2D eigenvalue weighted by molar-refractivity contribution is 5.74. The van der Waals surface area contributed by atoms with Crippen molar-refractivity contribution in [3.63, 3.8) is 0 Å². The average Bonchev–Trinajstić information content (AvgIpc) is 2.32.